The number of hydrogen-bond acceptors (Lipinski definition) is 6. The van der Waals surface area contributed by atoms with Gasteiger partial charge in [0.05, 0.1) is 19.2 Å². The first-order valence-electron chi connectivity index (χ1n) is 11.5. The minimum Gasteiger partial charge on any atom is -0.485 e. The molecule has 0 unspecified atom stereocenters. The lowest BCUT2D eigenvalue weighted by Crippen LogP contribution is -2.44. The van der Waals surface area contributed by atoms with Gasteiger partial charge in [-0.1, -0.05) is 18.2 Å². The zero-order valence-corrected chi connectivity index (χ0v) is 20.4. The summed E-state index contributed by atoms with van der Waals surface area (Å²) in [6.07, 6.45) is 1.01. The van der Waals surface area contributed by atoms with Crippen molar-refractivity contribution >= 4 is 34.5 Å². The highest BCUT2D eigenvalue weighted by atomic mass is 19.3. The van der Waals surface area contributed by atoms with E-state index < -0.39 is 42.5 Å². The van der Waals surface area contributed by atoms with E-state index in [0.717, 1.165) is 13.2 Å². The maximum absolute atomic E-state index is 13.1. The Balaban J connectivity index is 1.76. The number of benzene rings is 1. The SMILES string of the molecule is COC(=O)N[C@@H](CC/C=C/C(N)=O)C(=O)Nc1cccn(Cc2cc3cccc(OCC(F)F)c3[nH]2)c1=O. The number of aromatic amines is 1. The lowest BCUT2D eigenvalue weighted by Gasteiger charge is -2.17. The van der Waals surface area contributed by atoms with Crippen LogP contribution in [0.15, 0.2) is 59.5 Å². The third-order valence-corrected chi connectivity index (χ3v) is 5.36. The fourth-order valence-corrected chi connectivity index (χ4v) is 3.64. The molecule has 0 fully saturated rings. The number of nitrogens with two attached hydrogens (primary N) is 1. The number of aromatic nitrogens is 2. The van der Waals surface area contributed by atoms with Crippen molar-refractivity contribution in [1.29, 1.82) is 0 Å². The maximum atomic E-state index is 13.1. The standard InChI is InChI=1S/C25H27F2N5O6/c1-37-25(36)31-17(7-2-3-10-21(28)33)23(34)30-18-8-5-11-32(24(18)35)13-16-12-15-6-4-9-19(22(15)29-16)38-14-20(26)27/h3-6,8-12,17,20,29H,2,7,13-14H2,1H3,(H2,28,33)(H,30,34)(H,31,36)/b10-3+/t17-/m0/s1. The highest BCUT2D eigenvalue weighted by Gasteiger charge is 2.22. The largest absolute Gasteiger partial charge is 0.485 e. The molecule has 3 amide bonds. The van der Waals surface area contributed by atoms with Crippen molar-refractivity contribution in [3.8, 4) is 5.75 Å². The van der Waals surface area contributed by atoms with Crippen LogP contribution in [0.4, 0.5) is 19.3 Å². The fraction of sp³-hybridized carbons (Fsp3) is 0.280. The number of nitrogens with one attached hydrogen (secondary N) is 3. The van der Waals surface area contributed by atoms with Crippen molar-refractivity contribution in [2.24, 2.45) is 5.73 Å². The van der Waals surface area contributed by atoms with E-state index in [9.17, 15) is 28.0 Å². The lowest BCUT2D eigenvalue weighted by atomic mass is 10.1. The summed E-state index contributed by atoms with van der Waals surface area (Å²) in [5.41, 5.74) is 5.62. The van der Waals surface area contributed by atoms with Gasteiger partial charge in [-0.2, -0.15) is 0 Å². The van der Waals surface area contributed by atoms with Crippen molar-refractivity contribution in [3.63, 3.8) is 0 Å². The van der Waals surface area contributed by atoms with E-state index in [-0.39, 0.29) is 30.8 Å². The van der Waals surface area contributed by atoms with Crippen LogP contribution in [-0.4, -0.2) is 53.6 Å². The third kappa shape index (κ3) is 7.66. The average molecular weight is 532 g/mol. The van der Waals surface area contributed by atoms with Crippen LogP contribution in [0.5, 0.6) is 5.75 Å². The number of primary amides is 1. The number of halogens is 2. The number of methoxy groups -OCH3 is 1. The number of para-hydroxylation sites is 1. The van der Waals surface area contributed by atoms with Crippen molar-refractivity contribution in [1.82, 2.24) is 14.9 Å². The molecule has 3 rings (SSSR count). The summed E-state index contributed by atoms with van der Waals surface area (Å²) in [6, 6.07) is 8.69. The molecule has 38 heavy (non-hydrogen) atoms. The number of anilines is 1. The van der Waals surface area contributed by atoms with Gasteiger partial charge >= 0.3 is 6.09 Å². The van der Waals surface area contributed by atoms with Crippen LogP contribution in [0, 0.1) is 0 Å². The number of nitrogens with zero attached hydrogens (tertiary/aromatic N) is 1. The molecule has 1 aromatic carbocycles. The maximum Gasteiger partial charge on any atom is 0.407 e. The molecular formula is C25H27F2N5O6. The summed E-state index contributed by atoms with van der Waals surface area (Å²) in [6.45, 7) is -0.658. The molecule has 2 aromatic heterocycles. The quantitative estimate of drug-likeness (QED) is 0.263. The van der Waals surface area contributed by atoms with Crippen LogP contribution in [0.1, 0.15) is 18.5 Å². The van der Waals surface area contributed by atoms with Crippen LogP contribution in [0.3, 0.4) is 0 Å². The molecule has 0 aliphatic rings. The Morgan fingerprint density at radius 2 is 2.00 bits per heavy atom. The monoisotopic (exact) mass is 531 g/mol. The Hall–Kier alpha value is -4.68. The van der Waals surface area contributed by atoms with E-state index in [1.54, 1.807) is 30.3 Å². The number of carbonyl (C=O) groups is 3. The van der Waals surface area contributed by atoms with Gasteiger partial charge in [0, 0.05) is 17.3 Å². The van der Waals surface area contributed by atoms with Gasteiger partial charge < -0.3 is 35.4 Å². The minimum atomic E-state index is -2.62. The average Bonchev–Trinajstić information content (AvgIpc) is 3.29. The van der Waals surface area contributed by atoms with Crippen LogP contribution < -0.4 is 26.7 Å². The molecule has 2 heterocycles. The number of amides is 3. The molecule has 0 saturated heterocycles. The van der Waals surface area contributed by atoms with E-state index in [1.807, 2.05) is 0 Å². The predicted molar refractivity (Wildman–Crippen MR) is 135 cm³/mol. The van der Waals surface area contributed by atoms with Gasteiger partial charge in [0.2, 0.25) is 11.8 Å². The summed E-state index contributed by atoms with van der Waals surface area (Å²) in [7, 11) is 1.14. The van der Waals surface area contributed by atoms with Crippen molar-refractivity contribution < 1.29 is 32.6 Å². The van der Waals surface area contributed by atoms with Crippen LogP contribution in [-0.2, 0) is 20.9 Å². The molecule has 0 aliphatic heterocycles. The molecule has 0 aliphatic carbocycles. The van der Waals surface area contributed by atoms with Gasteiger partial charge in [-0.15, -0.1) is 0 Å². The molecule has 0 bridgehead atoms. The van der Waals surface area contributed by atoms with Gasteiger partial charge in [-0.05, 0) is 43.2 Å². The van der Waals surface area contributed by atoms with Gasteiger partial charge in [0.25, 0.3) is 12.0 Å². The molecule has 11 nitrogen and oxygen atoms in total. The normalized spacial score (nSPS) is 12.0. The lowest BCUT2D eigenvalue weighted by molar-refractivity contribution is -0.118. The van der Waals surface area contributed by atoms with Crippen LogP contribution in [0.25, 0.3) is 10.9 Å². The number of H-pyrrole nitrogens is 1. The summed E-state index contributed by atoms with van der Waals surface area (Å²) in [5, 5.41) is 5.62. The Labute approximate surface area is 215 Å². The number of alkyl carbamates (subject to hydrolysis) is 1. The zero-order valence-electron chi connectivity index (χ0n) is 20.4. The number of pyridine rings is 1. The number of allylic oxidation sites excluding steroid dienone is 1. The Bertz CT molecular complexity index is 1380. The number of ether oxygens (including phenoxy) is 2. The number of rotatable bonds is 12. The van der Waals surface area contributed by atoms with Crippen molar-refractivity contribution in [3.05, 3.63) is 70.8 Å². The first-order chi connectivity index (χ1) is 18.2. The summed E-state index contributed by atoms with van der Waals surface area (Å²) >= 11 is 0. The first kappa shape index (κ1) is 27.9. The molecule has 0 spiro atoms. The Morgan fingerprint density at radius 3 is 2.71 bits per heavy atom. The second-order valence-corrected chi connectivity index (χ2v) is 8.13. The van der Waals surface area contributed by atoms with Crippen molar-refractivity contribution in [2.45, 2.75) is 31.9 Å². The van der Waals surface area contributed by atoms with Gasteiger partial charge in [-0.25, -0.2) is 13.6 Å². The smallest absolute Gasteiger partial charge is 0.407 e. The van der Waals surface area contributed by atoms with Crippen LogP contribution >= 0.6 is 0 Å². The van der Waals surface area contributed by atoms with E-state index in [2.05, 4.69) is 20.4 Å². The third-order valence-electron chi connectivity index (χ3n) is 5.36. The van der Waals surface area contributed by atoms with E-state index in [1.165, 1.54) is 22.9 Å². The topological polar surface area (TPSA) is 158 Å². The molecule has 13 heteroatoms. The second kappa shape index (κ2) is 13.0. The summed E-state index contributed by atoms with van der Waals surface area (Å²) in [5.74, 6) is -1.05. The Kier molecular flexibility index (Phi) is 9.57. The second-order valence-electron chi connectivity index (χ2n) is 8.13. The number of fused-ring (bicyclic) bond motifs is 1. The molecular weight excluding hydrogens is 504 g/mol. The molecule has 5 N–H and O–H groups in total. The van der Waals surface area contributed by atoms with Crippen LogP contribution in [0.2, 0.25) is 0 Å². The molecule has 3 aromatic rings. The zero-order chi connectivity index (χ0) is 27.7. The first-order valence-corrected chi connectivity index (χ1v) is 11.5. The highest BCUT2D eigenvalue weighted by Crippen LogP contribution is 2.26. The fourth-order valence-electron chi connectivity index (χ4n) is 3.64. The predicted octanol–water partition coefficient (Wildman–Crippen LogP) is 2.51. The number of carbonyl (C=O) groups excluding carboxylic acids is 3. The summed E-state index contributed by atoms with van der Waals surface area (Å²) < 4.78 is 36.2. The minimum absolute atomic E-state index is 0.0288. The number of alkyl halides is 2. The Morgan fingerprint density at radius 1 is 1.21 bits per heavy atom. The van der Waals surface area contributed by atoms with Crippen molar-refractivity contribution in [2.75, 3.05) is 19.0 Å². The van der Waals surface area contributed by atoms with E-state index in [0.29, 0.717) is 16.6 Å². The number of hydrogen-bond donors (Lipinski definition) is 4. The van der Waals surface area contributed by atoms with E-state index >= 15 is 0 Å². The molecule has 202 valence electrons. The van der Waals surface area contributed by atoms with Gasteiger partial charge in [-0.3, -0.25) is 14.4 Å². The highest BCUT2D eigenvalue weighted by molar-refractivity contribution is 5.96. The van der Waals surface area contributed by atoms with Gasteiger partial charge in [0.1, 0.15) is 24.1 Å². The van der Waals surface area contributed by atoms with Gasteiger partial charge in [0.15, 0.2) is 0 Å². The molecule has 0 radical (unpaired) electrons. The molecule has 0 saturated carbocycles. The van der Waals surface area contributed by atoms with E-state index in [4.69, 9.17) is 10.5 Å². The molecule has 1 atom stereocenters. The summed E-state index contributed by atoms with van der Waals surface area (Å²) in [4.78, 5) is 51.6.